The van der Waals surface area contributed by atoms with Crippen LogP contribution in [-0.2, 0) is 12.8 Å². The average molecular weight is 366 g/mol. The van der Waals surface area contributed by atoms with E-state index in [-0.39, 0.29) is 16.5 Å². The Morgan fingerprint density at radius 1 is 1.42 bits per heavy atom. The van der Waals surface area contributed by atoms with Gasteiger partial charge in [0.25, 0.3) is 5.91 Å². The topological polar surface area (TPSA) is 105 Å². The predicted octanol–water partition coefficient (Wildman–Crippen LogP) is 3.27. The molecule has 0 unspecified atom stereocenters. The average Bonchev–Trinajstić information content (AvgIpc) is 3.11. The second-order valence-electron chi connectivity index (χ2n) is 5.23. The Balaban J connectivity index is 1.74. The first-order valence-electron chi connectivity index (χ1n) is 7.07. The van der Waals surface area contributed by atoms with E-state index in [1.54, 1.807) is 0 Å². The number of phenols is 1. The second kappa shape index (κ2) is 6.58. The zero-order valence-corrected chi connectivity index (χ0v) is 13.9. The Bertz CT molecular complexity index is 841. The number of hydrogen-bond acceptors (Lipinski definition) is 6. The van der Waals surface area contributed by atoms with Crippen molar-refractivity contribution in [2.75, 3.05) is 0 Å². The highest BCUT2D eigenvalue weighted by molar-refractivity contribution is 7.14. The summed E-state index contributed by atoms with van der Waals surface area (Å²) in [6.07, 6.45) is 4.22. The van der Waals surface area contributed by atoms with E-state index in [1.165, 1.54) is 27.8 Å². The molecule has 7 nitrogen and oxygen atoms in total. The number of aromatic hydroxyl groups is 1. The van der Waals surface area contributed by atoms with Gasteiger partial charge in [-0.2, -0.15) is 5.10 Å². The van der Waals surface area contributed by atoms with Gasteiger partial charge in [0.2, 0.25) is 5.75 Å². The van der Waals surface area contributed by atoms with Gasteiger partial charge in [-0.25, -0.2) is 5.43 Å². The van der Waals surface area contributed by atoms with E-state index in [2.05, 4.69) is 10.5 Å². The number of phenolic OH excluding ortho intramolecular Hbond substituents is 1. The van der Waals surface area contributed by atoms with Crippen LogP contribution in [0.5, 0.6) is 5.75 Å². The highest BCUT2D eigenvalue weighted by Gasteiger charge is 2.19. The highest BCUT2D eigenvalue weighted by atomic mass is 35.5. The first kappa shape index (κ1) is 16.4. The van der Waals surface area contributed by atoms with E-state index in [1.807, 2.05) is 6.07 Å². The monoisotopic (exact) mass is 365 g/mol. The largest absolute Gasteiger partial charge is 0.502 e. The van der Waals surface area contributed by atoms with Crippen LogP contribution in [0.25, 0.3) is 0 Å². The summed E-state index contributed by atoms with van der Waals surface area (Å²) in [6, 6.07) is 4.22. The summed E-state index contributed by atoms with van der Waals surface area (Å²) < 4.78 is 0. The molecule has 9 heteroatoms. The van der Waals surface area contributed by atoms with E-state index in [0.29, 0.717) is 4.88 Å². The quantitative estimate of drug-likeness (QED) is 0.492. The van der Waals surface area contributed by atoms with Crippen LogP contribution in [0.2, 0.25) is 5.02 Å². The van der Waals surface area contributed by atoms with E-state index in [9.17, 15) is 20.0 Å². The summed E-state index contributed by atoms with van der Waals surface area (Å²) in [6.45, 7) is 0. The van der Waals surface area contributed by atoms with Gasteiger partial charge < -0.3 is 5.11 Å². The molecule has 1 aliphatic rings. The Morgan fingerprint density at radius 3 is 2.92 bits per heavy atom. The number of carbonyl (C=O) groups excluding carboxylic acids is 1. The van der Waals surface area contributed by atoms with Crippen LogP contribution in [-0.4, -0.2) is 22.2 Å². The minimum atomic E-state index is -0.746. The molecule has 1 aromatic heterocycles. The third-order valence-electron chi connectivity index (χ3n) is 3.62. The van der Waals surface area contributed by atoms with Crippen molar-refractivity contribution in [1.29, 1.82) is 0 Å². The first-order valence-corrected chi connectivity index (χ1v) is 8.27. The van der Waals surface area contributed by atoms with Gasteiger partial charge >= 0.3 is 5.69 Å². The fourth-order valence-corrected chi connectivity index (χ4v) is 3.86. The van der Waals surface area contributed by atoms with Gasteiger partial charge in [-0.15, -0.1) is 11.3 Å². The molecule has 124 valence electrons. The number of carbonyl (C=O) groups is 1. The van der Waals surface area contributed by atoms with Crippen molar-refractivity contribution in [2.24, 2.45) is 5.10 Å². The number of hydrogen-bond donors (Lipinski definition) is 2. The Hall–Kier alpha value is -2.45. The van der Waals surface area contributed by atoms with Gasteiger partial charge in [-0.1, -0.05) is 11.6 Å². The number of halogens is 1. The zero-order chi connectivity index (χ0) is 17.3. The molecule has 3 rings (SSSR count). The van der Waals surface area contributed by atoms with Crippen molar-refractivity contribution < 1.29 is 14.8 Å². The third kappa shape index (κ3) is 3.24. The normalized spacial score (nSPS) is 13.2. The van der Waals surface area contributed by atoms with Crippen LogP contribution in [0, 0.1) is 10.1 Å². The summed E-state index contributed by atoms with van der Waals surface area (Å²) in [5.74, 6) is -0.917. The van der Waals surface area contributed by atoms with Crippen molar-refractivity contribution >= 4 is 40.7 Å². The van der Waals surface area contributed by atoms with Gasteiger partial charge in [0, 0.05) is 21.5 Å². The van der Waals surface area contributed by atoms with E-state index >= 15 is 0 Å². The molecular weight excluding hydrogens is 354 g/mol. The van der Waals surface area contributed by atoms with Gasteiger partial charge in [0.15, 0.2) is 0 Å². The molecule has 0 radical (unpaired) electrons. The molecular formula is C15H12ClN3O4S. The number of amides is 1. The van der Waals surface area contributed by atoms with Crippen molar-refractivity contribution in [1.82, 2.24) is 5.43 Å². The van der Waals surface area contributed by atoms with Crippen molar-refractivity contribution in [2.45, 2.75) is 19.3 Å². The fourth-order valence-electron chi connectivity index (χ4n) is 2.50. The molecule has 0 saturated heterocycles. The number of nitro groups is 1. The standard InChI is InChI=1S/C15H12ClN3O4S/c16-10-4-9(14(20)11(6-10)19(22)23)7-17-18-15(21)13-5-8-2-1-3-12(8)24-13/h4-7,20H,1-3H2,(H,18,21)/b17-7+. The Kier molecular flexibility index (Phi) is 4.50. The van der Waals surface area contributed by atoms with Crippen LogP contribution < -0.4 is 5.43 Å². The molecule has 0 saturated carbocycles. The lowest BCUT2D eigenvalue weighted by atomic mass is 10.2. The van der Waals surface area contributed by atoms with Gasteiger partial charge in [0.1, 0.15) is 0 Å². The lowest BCUT2D eigenvalue weighted by Gasteiger charge is -2.01. The van der Waals surface area contributed by atoms with Crippen LogP contribution in [0.4, 0.5) is 5.69 Å². The molecule has 2 N–H and O–H groups in total. The second-order valence-corrected chi connectivity index (χ2v) is 6.80. The molecule has 1 amide bonds. The zero-order valence-electron chi connectivity index (χ0n) is 12.3. The third-order valence-corrected chi connectivity index (χ3v) is 5.07. The molecule has 0 fully saturated rings. The number of thiophene rings is 1. The molecule has 24 heavy (non-hydrogen) atoms. The van der Waals surface area contributed by atoms with E-state index in [0.717, 1.165) is 31.5 Å². The van der Waals surface area contributed by atoms with Crippen molar-refractivity contribution in [3.63, 3.8) is 0 Å². The summed E-state index contributed by atoms with van der Waals surface area (Å²) in [7, 11) is 0. The Labute approximate surface area is 145 Å². The smallest absolute Gasteiger partial charge is 0.312 e. The maximum atomic E-state index is 12.1. The number of hydrazone groups is 1. The number of aryl methyl sites for hydroxylation is 2. The summed E-state index contributed by atoms with van der Waals surface area (Å²) >= 11 is 7.23. The number of rotatable bonds is 4. The lowest BCUT2D eigenvalue weighted by Crippen LogP contribution is -2.16. The molecule has 2 aromatic rings. The van der Waals surface area contributed by atoms with Crippen LogP contribution in [0.15, 0.2) is 23.3 Å². The number of fused-ring (bicyclic) bond motifs is 1. The van der Waals surface area contributed by atoms with E-state index in [4.69, 9.17) is 11.6 Å². The number of nitrogens with one attached hydrogen (secondary N) is 1. The summed E-state index contributed by atoms with van der Waals surface area (Å²) in [4.78, 5) is 23.9. The van der Waals surface area contributed by atoms with Gasteiger partial charge in [0.05, 0.1) is 16.0 Å². The first-order chi connectivity index (χ1) is 11.5. The van der Waals surface area contributed by atoms with Crippen LogP contribution >= 0.6 is 22.9 Å². The summed E-state index contributed by atoms with van der Waals surface area (Å²) in [5.41, 5.74) is 3.08. The number of benzene rings is 1. The minimum Gasteiger partial charge on any atom is -0.502 e. The van der Waals surface area contributed by atoms with Crippen molar-refractivity contribution in [3.8, 4) is 5.75 Å². The lowest BCUT2D eigenvalue weighted by molar-refractivity contribution is -0.385. The molecule has 0 bridgehead atoms. The fraction of sp³-hybridized carbons (Fsp3) is 0.200. The summed E-state index contributed by atoms with van der Waals surface area (Å²) in [5, 5.41) is 24.5. The van der Waals surface area contributed by atoms with Crippen LogP contribution in [0.3, 0.4) is 0 Å². The van der Waals surface area contributed by atoms with Gasteiger partial charge in [-0.05, 0) is 37.0 Å². The Morgan fingerprint density at radius 2 is 2.21 bits per heavy atom. The molecule has 0 spiro atoms. The number of nitrogens with zero attached hydrogens (tertiary/aromatic N) is 2. The van der Waals surface area contributed by atoms with Crippen molar-refractivity contribution in [3.05, 3.63) is 54.2 Å². The molecule has 0 atom stereocenters. The molecule has 1 heterocycles. The van der Waals surface area contributed by atoms with Crippen LogP contribution in [0.1, 0.15) is 32.1 Å². The highest BCUT2D eigenvalue weighted by Crippen LogP contribution is 2.32. The maximum absolute atomic E-state index is 12.1. The maximum Gasteiger partial charge on any atom is 0.312 e. The van der Waals surface area contributed by atoms with Gasteiger partial charge in [-0.3, -0.25) is 14.9 Å². The predicted molar refractivity (Wildman–Crippen MR) is 91.2 cm³/mol. The molecule has 0 aliphatic heterocycles. The van der Waals surface area contributed by atoms with E-state index < -0.39 is 16.4 Å². The number of nitro benzene ring substituents is 1. The SMILES string of the molecule is O=C(N/N=C/c1cc(Cl)cc([N+](=O)[O-])c1O)c1cc2c(s1)CCC2. The molecule has 1 aromatic carbocycles. The molecule has 1 aliphatic carbocycles. The minimum absolute atomic E-state index is 0.0446.